The molecule has 2 aromatic carbocycles. The summed E-state index contributed by atoms with van der Waals surface area (Å²) >= 11 is 0. The van der Waals surface area contributed by atoms with Crippen LogP contribution in [0.5, 0.6) is 0 Å². The van der Waals surface area contributed by atoms with Gasteiger partial charge < -0.3 is 15.4 Å². The second-order valence-electron chi connectivity index (χ2n) is 5.60. The van der Waals surface area contributed by atoms with E-state index in [-0.39, 0.29) is 18.6 Å². The van der Waals surface area contributed by atoms with Crippen LogP contribution < -0.4 is 5.73 Å². The van der Waals surface area contributed by atoms with Gasteiger partial charge in [0.15, 0.2) is 0 Å². The Morgan fingerprint density at radius 3 is 2.59 bits per heavy atom. The molecule has 0 spiro atoms. The summed E-state index contributed by atoms with van der Waals surface area (Å²) < 4.78 is 4.92. The van der Waals surface area contributed by atoms with Crippen molar-refractivity contribution >= 4 is 5.91 Å². The van der Waals surface area contributed by atoms with Gasteiger partial charge in [0.2, 0.25) is 5.91 Å². The first-order valence-electron chi connectivity index (χ1n) is 7.38. The molecule has 1 aliphatic rings. The monoisotopic (exact) mass is 296 g/mol. The van der Waals surface area contributed by atoms with Gasteiger partial charge >= 0.3 is 0 Å². The number of nitrogens with two attached hydrogens (primary N) is 1. The Morgan fingerprint density at radius 2 is 1.86 bits per heavy atom. The summed E-state index contributed by atoms with van der Waals surface area (Å²) in [4.78, 5) is 13.7. The van der Waals surface area contributed by atoms with E-state index in [1.807, 2.05) is 35.2 Å². The van der Waals surface area contributed by atoms with Crippen LogP contribution in [0.1, 0.15) is 28.3 Å². The molecule has 1 unspecified atom stereocenters. The van der Waals surface area contributed by atoms with E-state index < -0.39 is 0 Å². The fourth-order valence-corrected chi connectivity index (χ4v) is 2.85. The second kappa shape index (κ2) is 6.30. The molecule has 0 aromatic heterocycles. The molecule has 0 radical (unpaired) electrons. The van der Waals surface area contributed by atoms with Crippen LogP contribution in [-0.2, 0) is 22.6 Å². The van der Waals surface area contributed by atoms with Crippen molar-refractivity contribution in [2.45, 2.75) is 19.1 Å². The molecule has 1 atom stereocenters. The van der Waals surface area contributed by atoms with Crippen molar-refractivity contribution in [3.05, 3.63) is 70.8 Å². The number of hydrogen-bond acceptors (Lipinski definition) is 3. The number of rotatable bonds is 4. The first-order chi connectivity index (χ1) is 10.7. The number of ether oxygens (including phenoxy) is 1. The van der Waals surface area contributed by atoms with Gasteiger partial charge in [-0.2, -0.15) is 0 Å². The van der Waals surface area contributed by atoms with Gasteiger partial charge in [-0.25, -0.2) is 0 Å². The van der Waals surface area contributed by atoms with Gasteiger partial charge in [0.05, 0.1) is 6.04 Å². The highest BCUT2D eigenvalue weighted by Gasteiger charge is 2.24. The minimum absolute atomic E-state index is 0.0209. The third-order valence-electron chi connectivity index (χ3n) is 4.09. The molecule has 1 aliphatic heterocycles. The van der Waals surface area contributed by atoms with Crippen molar-refractivity contribution in [3.63, 3.8) is 0 Å². The lowest BCUT2D eigenvalue weighted by Crippen LogP contribution is -2.28. The molecule has 4 heteroatoms. The largest absolute Gasteiger partial charge is 0.375 e. The molecule has 3 rings (SSSR count). The van der Waals surface area contributed by atoms with Crippen LogP contribution in [0.25, 0.3) is 0 Å². The molecular weight excluding hydrogens is 276 g/mol. The predicted molar refractivity (Wildman–Crippen MR) is 85.0 cm³/mol. The van der Waals surface area contributed by atoms with Gasteiger partial charge in [-0.3, -0.25) is 4.79 Å². The molecule has 1 heterocycles. The van der Waals surface area contributed by atoms with E-state index >= 15 is 0 Å². The minimum atomic E-state index is -0.143. The van der Waals surface area contributed by atoms with E-state index in [1.54, 1.807) is 0 Å². The fourth-order valence-electron chi connectivity index (χ4n) is 2.85. The summed E-state index contributed by atoms with van der Waals surface area (Å²) in [6, 6.07) is 16.1. The van der Waals surface area contributed by atoms with Crippen LogP contribution in [0.2, 0.25) is 0 Å². The maximum Gasteiger partial charge on any atom is 0.249 e. The van der Waals surface area contributed by atoms with Gasteiger partial charge in [0, 0.05) is 20.2 Å². The van der Waals surface area contributed by atoms with Crippen LogP contribution in [0.4, 0.5) is 0 Å². The maximum absolute atomic E-state index is 11.9. The molecule has 0 saturated carbocycles. The summed E-state index contributed by atoms with van der Waals surface area (Å²) in [5.41, 5.74) is 10.9. The highest BCUT2D eigenvalue weighted by Crippen LogP contribution is 2.27. The SMILES string of the molecule is COCC(=O)N1Cc2ccc(C(N)c3ccccc3)cc2C1. The number of carbonyl (C=O) groups is 1. The summed E-state index contributed by atoms with van der Waals surface area (Å²) in [5, 5.41) is 0. The van der Waals surface area contributed by atoms with Gasteiger partial charge in [-0.1, -0.05) is 48.5 Å². The Bertz CT molecular complexity index is 670. The van der Waals surface area contributed by atoms with Crippen molar-refractivity contribution < 1.29 is 9.53 Å². The highest BCUT2D eigenvalue weighted by atomic mass is 16.5. The second-order valence-corrected chi connectivity index (χ2v) is 5.60. The third kappa shape index (κ3) is 2.89. The summed E-state index contributed by atoms with van der Waals surface area (Å²) in [6.07, 6.45) is 0. The molecular formula is C18H20N2O2. The van der Waals surface area contributed by atoms with Crippen LogP contribution >= 0.6 is 0 Å². The summed E-state index contributed by atoms with van der Waals surface area (Å²) in [6.45, 7) is 1.41. The average Bonchev–Trinajstić information content (AvgIpc) is 2.98. The normalized spacial score (nSPS) is 14.7. The molecule has 0 saturated heterocycles. The van der Waals surface area contributed by atoms with E-state index in [0.717, 1.165) is 11.1 Å². The number of carbonyl (C=O) groups excluding carboxylic acids is 1. The first kappa shape index (κ1) is 14.8. The zero-order chi connectivity index (χ0) is 15.5. The smallest absolute Gasteiger partial charge is 0.249 e. The minimum Gasteiger partial charge on any atom is -0.375 e. The Kier molecular flexibility index (Phi) is 4.22. The van der Waals surface area contributed by atoms with Crippen LogP contribution in [-0.4, -0.2) is 24.5 Å². The predicted octanol–water partition coefficient (Wildman–Crippen LogP) is 2.22. The average molecular weight is 296 g/mol. The van der Waals surface area contributed by atoms with Crippen LogP contribution in [0.15, 0.2) is 48.5 Å². The lowest BCUT2D eigenvalue weighted by atomic mass is 9.96. The number of hydrogen-bond donors (Lipinski definition) is 1. The van der Waals surface area contributed by atoms with Crippen LogP contribution in [0.3, 0.4) is 0 Å². The van der Waals surface area contributed by atoms with Crippen molar-refractivity contribution in [1.82, 2.24) is 4.90 Å². The molecule has 2 aromatic rings. The fraction of sp³-hybridized carbons (Fsp3) is 0.278. The van der Waals surface area contributed by atoms with Crippen LogP contribution in [0, 0.1) is 0 Å². The molecule has 22 heavy (non-hydrogen) atoms. The van der Waals surface area contributed by atoms with Gasteiger partial charge in [0.25, 0.3) is 0 Å². The molecule has 1 amide bonds. The van der Waals surface area contributed by atoms with Gasteiger partial charge in [0.1, 0.15) is 6.61 Å². The van der Waals surface area contributed by atoms with Crippen molar-refractivity contribution in [2.75, 3.05) is 13.7 Å². The van der Waals surface area contributed by atoms with E-state index in [2.05, 4.69) is 18.2 Å². The summed E-state index contributed by atoms with van der Waals surface area (Å²) in [5.74, 6) is 0.0209. The Hall–Kier alpha value is -2.17. The Balaban J connectivity index is 1.79. The number of fused-ring (bicyclic) bond motifs is 1. The van der Waals surface area contributed by atoms with Crippen molar-refractivity contribution in [2.24, 2.45) is 5.73 Å². The molecule has 0 aliphatic carbocycles. The number of amides is 1. The lowest BCUT2D eigenvalue weighted by molar-refractivity contribution is -0.135. The lowest BCUT2D eigenvalue weighted by Gasteiger charge is -2.14. The van der Waals surface area contributed by atoms with E-state index in [0.29, 0.717) is 13.1 Å². The number of nitrogens with zero attached hydrogens (tertiary/aromatic N) is 1. The number of methoxy groups -OCH3 is 1. The van der Waals surface area contributed by atoms with E-state index in [9.17, 15) is 4.79 Å². The molecule has 2 N–H and O–H groups in total. The molecule has 114 valence electrons. The van der Waals surface area contributed by atoms with Gasteiger partial charge in [-0.05, 0) is 22.3 Å². The Labute approximate surface area is 130 Å². The molecule has 0 bridgehead atoms. The topological polar surface area (TPSA) is 55.6 Å². The van der Waals surface area contributed by atoms with Crippen molar-refractivity contribution in [3.8, 4) is 0 Å². The molecule has 0 fully saturated rings. The highest BCUT2D eigenvalue weighted by molar-refractivity contribution is 5.78. The summed E-state index contributed by atoms with van der Waals surface area (Å²) in [7, 11) is 1.54. The van der Waals surface area contributed by atoms with Gasteiger partial charge in [-0.15, -0.1) is 0 Å². The maximum atomic E-state index is 11.9. The Morgan fingerprint density at radius 1 is 1.14 bits per heavy atom. The zero-order valence-corrected chi connectivity index (χ0v) is 12.7. The third-order valence-corrected chi connectivity index (χ3v) is 4.09. The number of benzene rings is 2. The van der Waals surface area contributed by atoms with Crippen molar-refractivity contribution in [1.29, 1.82) is 0 Å². The quantitative estimate of drug-likeness (QED) is 0.941. The van der Waals surface area contributed by atoms with E-state index in [4.69, 9.17) is 10.5 Å². The standard InChI is InChI=1S/C18H20N2O2/c1-22-12-17(21)20-10-15-8-7-14(9-16(15)11-20)18(19)13-5-3-2-4-6-13/h2-9,18H,10-12,19H2,1H3. The molecule has 4 nitrogen and oxygen atoms in total. The van der Waals surface area contributed by atoms with E-state index in [1.165, 1.54) is 18.2 Å². The first-order valence-corrected chi connectivity index (χ1v) is 7.38. The zero-order valence-electron chi connectivity index (χ0n) is 12.7.